The highest BCUT2D eigenvalue weighted by molar-refractivity contribution is 6.04. The highest BCUT2D eigenvalue weighted by atomic mass is 15.2. The molecule has 3 nitrogen and oxygen atoms in total. The molecule has 0 radical (unpaired) electrons. The summed E-state index contributed by atoms with van der Waals surface area (Å²) < 4.78 is 0. The topological polar surface area (TPSA) is 30.3 Å². The first-order chi connectivity index (χ1) is 37.2. The average molecular weight is 974 g/mol. The van der Waals surface area contributed by atoms with Crippen molar-refractivity contribution < 1.29 is 0 Å². The average Bonchev–Trinajstić information content (AvgIpc) is 3.91. The first-order valence-electron chi connectivity index (χ1n) is 26.3. The third kappa shape index (κ3) is 7.56. The molecule has 11 aromatic carbocycles. The van der Waals surface area contributed by atoms with Crippen LogP contribution in [0.1, 0.15) is 55.5 Å². The first-order valence-corrected chi connectivity index (χ1v) is 26.3. The minimum absolute atomic E-state index is 0.117. The van der Waals surface area contributed by atoms with Crippen molar-refractivity contribution in [1.29, 1.82) is 5.26 Å². The number of nitrogens with zero attached hydrogens (tertiary/aromatic N) is 3. The van der Waals surface area contributed by atoms with E-state index in [4.69, 9.17) is 0 Å². The van der Waals surface area contributed by atoms with Crippen molar-refractivity contribution in [2.24, 2.45) is 0 Å². The second-order valence-corrected chi connectivity index (χ2v) is 21.1. The zero-order valence-corrected chi connectivity index (χ0v) is 43.2. The van der Waals surface area contributed by atoms with Crippen molar-refractivity contribution in [3.8, 4) is 72.8 Å². The summed E-state index contributed by atoms with van der Waals surface area (Å²) in [6, 6.07) is 97.1. The van der Waals surface area contributed by atoms with Gasteiger partial charge in [-0.3, -0.25) is 0 Å². The van der Waals surface area contributed by atoms with Gasteiger partial charge in [0.25, 0.3) is 0 Å². The lowest BCUT2D eigenvalue weighted by Crippen LogP contribution is -2.18. The van der Waals surface area contributed by atoms with Gasteiger partial charge in [0.05, 0.1) is 28.7 Å². The van der Waals surface area contributed by atoms with Crippen LogP contribution in [0.3, 0.4) is 0 Å². The molecule has 0 aromatic heterocycles. The van der Waals surface area contributed by atoms with Crippen molar-refractivity contribution in [3.05, 3.63) is 289 Å². The van der Waals surface area contributed by atoms with Crippen LogP contribution >= 0.6 is 0 Å². The molecule has 0 spiro atoms. The molecule has 0 amide bonds. The van der Waals surface area contributed by atoms with Crippen LogP contribution in [0.2, 0.25) is 0 Å². The fraction of sp³-hybridized carbons (Fsp3) is 0.0822. The fourth-order valence-corrected chi connectivity index (χ4v) is 12.5. The van der Waals surface area contributed by atoms with Crippen LogP contribution in [0.5, 0.6) is 0 Å². The molecule has 0 saturated carbocycles. The van der Waals surface area contributed by atoms with E-state index in [1.807, 2.05) is 12.1 Å². The monoisotopic (exact) mass is 973 g/mol. The van der Waals surface area contributed by atoms with E-state index in [0.29, 0.717) is 5.56 Å². The zero-order valence-electron chi connectivity index (χ0n) is 43.2. The number of hydrogen-bond acceptors (Lipinski definition) is 3. The largest absolute Gasteiger partial charge is 0.310 e. The molecule has 0 unspecified atom stereocenters. The molecule has 11 aromatic rings. The number of para-hydroxylation sites is 3. The van der Waals surface area contributed by atoms with Gasteiger partial charge in [0, 0.05) is 39.0 Å². The number of hydrogen-bond donors (Lipinski definition) is 0. The van der Waals surface area contributed by atoms with Gasteiger partial charge in [-0.25, -0.2) is 0 Å². The summed E-state index contributed by atoms with van der Waals surface area (Å²) in [6.07, 6.45) is 0. The van der Waals surface area contributed by atoms with Gasteiger partial charge in [-0.2, -0.15) is 5.26 Å². The van der Waals surface area contributed by atoms with Crippen LogP contribution in [-0.2, 0) is 10.8 Å². The van der Waals surface area contributed by atoms with Crippen molar-refractivity contribution in [1.82, 2.24) is 0 Å². The van der Waals surface area contributed by atoms with E-state index in [-0.39, 0.29) is 10.8 Å². The number of fused-ring (bicyclic) bond motifs is 6. The van der Waals surface area contributed by atoms with Crippen LogP contribution in [0.25, 0.3) is 66.8 Å². The molecule has 2 aliphatic carbocycles. The molecule has 0 aliphatic heterocycles. The Kier molecular flexibility index (Phi) is 11.3. The van der Waals surface area contributed by atoms with E-state index >= 15 is 0 Å². The summed E-state index contributed by atoms with van der Waals surface area (Å²) in [5.41, 5.74) is 25.8. The third-order valence-corrected chi connectivity index (χ3v) is 16.1. The molecule has 0 bridgehead atoms. The van der Waals surface area contributed by atoms with Gasteiger partial charge in [-0.05, 0) is 145 Å². The van der Waals surface area contributed by atoms with E-state index in [9.17, 15) is 5.26 Å². The van der Waals surface area contributed by atoms with Crippen LogP contribution < -0.4 is 9.80 Å². The van der Waals surface area contributed by atoms with Crippen LogP contribution in [0.15, 0.2) is 261 Å². The summed E-state index contributed by atoms with van der Waals surface area (Å²) in [4.78, 5) is 4.86. The second-order valence-electron chi connectivity index (χ2n) is 21.1. The molecule has 0 fully saturated rings. The molecule has 3 heteroatoms. The lowest BCUT2D eigenvalue weighted by molar-refractivity contribution is 0.660. The van der Waals surface area contributed by atoms with Crippen molar-refractivity contribution in [3.63, 3.8) is 0 Å². The summed E-state index contributed by atoms with van der Waals surface area (Å²) >= 11 is 0. The zero-order chi connectivity index (χ0) is 51.5. The van der Waals surface area contributed by atoms with E-state index in [1.165, 1.54) is 55.6 Å². The first kappa shape index (κ1) is 46.3. The van der Waals surface area contributed by atoms with Crippen LogP contribution in [-0.4, -0.2) is 0 Å². The molecular formula is C73H55N3. The van der Waals surface area contributed by atoms with E-state index < -0.39 is 0 Å². The maximum Gasteiger partial charge on any atom is 0.0991 e. The Morgan fingerprint density at radius 1 is 0.303 bits per heavy atom. The maximum absolute atomic E-state index is 10.1. The minimum atomic E-state index is -0.282. The Bertz CT molecular complexity index is 4030. The Balaban J connectivity index is 1.15. The van der Waals surface area contributed by atoms with Gasteiger partial charge < -0.3 is 9.80 Å². The lowest BCUT2D eigenvalue weighted by Gasteiger charge is -2.35. The Hall–Kier alpha value is -9.49. The number of benzene rings is 11. The Morgan fingerprint density at radius 3 is 1.43 bits per heavy atom. The summed E-state index contributed by atoms with van der Waals surface area (Å²) in [6.45, 7) is 9.45. The van der Waals surface area contributed by atoms with Gasteiger partial charge in [-0.15, -0.1) is 0 Å². The van der Waals surface area contributed by atoms with E-state index in [2.05, 4.69) is 292 Å². The number of anilines is 6. The van der Waals surface area contributed by atoms with Crippen LogP contribution in [0.4, 0.5) is 34.1 Å². The fourth-order valence-electron chi connectivity index (χ4n) is 12.5. The third-order valence-electron chi connectivity index (χ3n) is 16.1. The van der Waals surface area contributed by atoms with Gasteiger partial charge >= 0.3 is 0 Å². The summed E-state index contributed by atoms with van der Waals surface area (Å²) in [7, 11) is 0. The van der Waals surface area contributed by atoms with E-state index in [1.54, 1.807) is 0 Å². The molecule has 0 atom stereocenters. The van der Waals surface area contributed by atoms with Crippen molar-refractivity contribution >= 4 is 34.1 Å². The summed E-state index contributed by atoms with van der Waals surface area (Å²) in [5, 5.41) is 10.1. The highest BCUT2D eigenvalue weighted by Gasteiger charge is 2.39. The normalized spacial score (nSPS) is 13.2. The quantitative estimate of drug-likeness (QED) is 0.137. The van der Waals surface area contributed by atoms with Crippen LogP contribution in [0, 0.1) is 11.3 Å². The van der Waals surface area contributed by atoms with Gasteiger partial charge in [0.15, 0.2) is 0 Å². The molecule has 0 saturated heterocycles. The maximum atomic E-state index is 10.1. The molecule has 13 rings (SSSR count). The SMILES string of the molecule is CC1(C)c2ccccc2-c2c(-c3ccc(-c4c(N(c5ccccc5)c5ccc(C#N)cc5)cc(-c5cccc6c5C(C)(C)c5ccccc5-6)cc4N(c4ccccc4)c4ccccc4-c4ccccc4)cc3)cccc21. The summed E-state index contributed by atoms with van der Waals surface area (Å²) in [5.74, 6) is 0. The smallest absolute Gasteiger partial charge is 0.0991 e. The van der Waals surface area contributed by atoms with Crippen molar-refractivity contribution in [2.45, 2.75) is 38.5 Å². The number of rotatable bonds is 10. The Labute approximate surface area is 446 Å². The Morgan fingerprint density at radius 2 is 0.763 bits per heavy atom. The molecular weight excluding hydrogens is 919 g/mol. The van der Waals surface area contributed by atoms with Gasteiger partial charge in [0.2, 0.25) is 0 Å². The van der Waals surface area contributed by atoms with Gasteiger partial charge in [0.1, 0.15) is 0 Å². The number of nitriles is 1. The second kappa shape index (κ2) is 18.5. The van der Waals surface area contributed by atoms with Gasteiger partial charge in [-0.1, -0.05) is 222 Å². The standard InChI is InChI=1S/C73H55N3/c1-72(2)64-35-18-15-30-62(64)70-58(31-21-36-65(70)72)51-40-42-52(43-41-51)69-67(75(54-24-10-6-11-25-54)56-44-38-49(48-74)39-45-56)46-53(59-32-20-33-61-60-29-14-17-34-63(60)73(3,4)71(59)61)47-68(69)76(55-26-12-7-13-27-55)66-37-19-16-28-57(66)50-22-8-5-9-23-50/h5-47H,1-4H3. The lowest BCUT2D eigenvalue weighted by atomic mass is 9.78. The predicted octanol–water partition coefficient (Wildman–Crippen LogP) is 19.8. The van der Waals surface area contributed by atoms with Crippen molar-refractivity contribution in [2.75, 3.05) is 9.80 Å². The molecule has 2 aliphatic rings. The molecule has 76 heavy (non-hydrogen) atoms. The predicted molar refractivity (Wildman–Crippen MR) is 317 cm³/mol. The molecule has 0 N–H and O–H groups in total. The highest BCUT2D eigenvalue weighted by Crippen LogP contribution is 2.57. The minimum Gasteiger partial charge on any atom is -0.310 e. The molecule has 362 valence electrons. The van der Waals surface area contributed by atoms with E-state index in [0.717, 1.165) is 67.5 Å². The molecule has 0 heterocycles.